The van der Waals surface area contributed by atoms with E-state index in [1.807, 2.05) is 0 Å². The zero-order chi connectivity index (χ0) is 15.6. The maximum atomic E-state index is 13.7. The average molecular weight is 442 g/mol. The Kier molecular flexibility index (Phi) is 5.07. The van der Waals surface area contributed by atoms with Crippen LogP contribution in [0.15, 0.2) is 42.7 Å². The quantitative estimate of drug-likeness (QED) is 0.745. The molecule has 2 rings (SSSR count). The molecule has 0 spiro atoms. The monoisotopic (exact) mass is 440 g/mol. The Bertz CT molecular complexity index is 762. The molecule has 0 saturated carbocycles. The zero-order valence-corrected chi connectivity index (χ0v) is 14.8. The lowest BCUT2D eigenvalue weighted by Gasteiger charge is -2.07. The van der Waals surface area contributed by atoms with Gasteiger partial charge in [-0.3, -0.25) is 4.72 Å². The van der Waals surface area contributed by atoms with Gasteiger partial charge >= 0.3 is 0 Å². The van der Waals surface area contributed by atoms with E-state index in [-0.39, 0.29) is 15.3 Å². The predicted molar refractivity (Wildman–Crippen MR) is 84.1 cm³/mol. The second kappa shape index (κ2) is 6.47. The fourth-order valence-electron chi connectivity index (χ4n) is 1.61. The number of furan rings is 1. The van der Waals surface area contributed by atoms with Gasteiger partial charge in [-0.1, -0.05) is 15.9 Å². The molecule has 0 fully saturated rings. The third kappa shape index (κ3) is 3.85. The largest absolute Gasteiger partial charge is 0.451 e. The van der Waals surface area contributed by atoms with E-state index < -0.39 is 15.8 Å². The number of anilines is 1. The first-order valence-corrected chi connectivity index (χ1v) is 8.81. The van der Waals surface area contributed by atoms with Crippen LogP contribution in [0.25, 0.3) is 0 Å². The minimum Gasteiger partial charge on any atom is -0.451 e. The minimum atomic E-state index is -3.95. The lowest BCUT2D eigenvalue weighted by atomic mass is 10.3. The van der Waals surface area contributed by atoms with Gasteiger partial charge in [0, 0.05) is 10.5 Å². The van der Waals surface area contributed by atoms with Crippen molar-refractivity contribution in [3.63, 3.8) is 0 Å². The van der Waals surface area contributed by atoms with Crippen molar-refractivity contribution in [3.05, 3.63) is 45.0 Å². The second-order valence-electron chi connectivity index (χ2n) is 4.11. The Morgan fingerprint density at radius 1 is 1.29 bits per heavy atom. The molecule has 0 aliphatic heterocycles. The molecule has 5 nitrogen and oxygen atoms in total. The Labute approximate surface area is 138 Å². The summed E-state index contributed by atoms with van der Waals surface area (Å²) in [6.45, 7) is 0.376. The highest BCUT2D eigenvalue weighted by atomic mass is 79.9. The molecule has 114 valence electrons. The van der Waals surface area contributed by atoms with Crippen molar-refractivity contribution in [2.24, 2.45) is 0 Å². The Morgan fingerprint density at radius 2 is 2.00 bits per heavy atom. The summed E-state index contributed by atoms with van der Waals surface area (Å²) in [6.07, 6.45) is 0. The first kappa shape index (κ1) is 16.5. The van der Waals surface area contributed by atoms with Crippen molar-refractivity contribution < 1.29 is 17.2 Å². The first-order chi connectivity index (χ1) is 9.83. The van der Waals surface area contributed by atoms with Crippen LogP contribution in [0.5, 0.6) is 0 Å². The molecule has 1 aromatic carbocycles. The van der Waals surface area contributed by atoms with Crippen LogP contribution in [0.4, 0.5) is 10.1 Å². The van der Waals surface area contributed by atoms with Crippen molar-refractivity contribution in [1.82, 2.24) is 5.32 Å². The fraction of sp³-hybridized carbons (Fsp3) is 0.167. The van der Waals surface area contributed by atoms with Crippen molar-refractivity contribution in [3.8, 4) is 0 Å². The molecule has 0 aliphatic rings. The topological polar surface area (TPSA) is 71.3 Å². The van der Waals surface area contributed by atoms with E-state index in [4.69, 9.17) is 4.42 Å². The molecule has 0 bridgehead atoms. The van der Waals surface area contributed by atoms with E-state index in [9.17, 15) is 12.8 Å². The fourth-order valence-corrected chi connectivity index (χ4v) is 4.01. The number of sulfonamides is 1. The number of halogens is 3. The molecule has 2 aromatic rings. The van der Waals surface area contributed by atoms with Crippen LogP contribution in [-0.4, -0.2) is 15.5 Å². The molecule has 0 radical (unpaired) electrons. The van der Waals surface area contributed by atoms with Crippen molar-refractivity contribution in [2.45, 2.75) is 11.4 Å². The SMILES string of the molecule is CNCc1cc(S(=O)(=O)Nc2ccc(Br)cc2F)c(Br)o1. The molecule has 1 aromatic heterocycles. The normalized spacial score (nSPS) is 11.6. The van der Waals surface area contributed by atoms with Crippen molar-refractivity contribution in [1.29, 1.82) is 0 Å². The number of nitrogens with one attached hydrogen (secondary N) is 2. The van der Waals surface area contributed by atoms with Gasteiger partial charge in [0.15, 0.2) is 4.67 Å². The third-order valence-corrected chi connectivity index (χ3v) is 5.24. The predicted octanol–water partition coefficient (Wildman–Crippen LogP) is 3.46. The molecule has 0 saturated heterocycles. The lowest BCUT2D eigenvalue weighted by Crippen LogP contribution is -2.13. The first-order valence-electron chi connectivity index (χ1n) is 5.74. The van der Waals surface area contributed by atoms with E-state index in [0.29, 0.717) is 16.8 Å². The van der Waals surface area contributed by atoms with Crippen LogP contribution in [-0.2, 0) is 16.6 Å². The molecular formula is C12H11Br2FN2O3S. The maximum Gasteiger partial charge on any atom is 0.266 e. The number of hydrogen-bond donors (Lipinski definition) is 2. The van der Waals surface area contributed by atoms with E-state index in [1.54, 1.807) is 7.05 Å². The summed E-state index contributed by atoms with van der Waals surface area (Å²) in [5, 5.41) is 2.85. The van der Waals surface area contributed by atoms with E-state index in [1.165, 1.54) is 24.3 Å². The molecule has 0 amide bonds. The summed E-state index contributed by atoms with van der Waals surface area (Å²) >= 11 is 6.16. The van der Waals surface area contributed by atoms with E-state index in [0.717, 1.165) is 0 Å². The van der Waals surface area contributed by atoms with Crippen LogP contribution >= 0.6 is 31.9 Å². The lowest BCUT2D eigenvalue weighted by molar-refractivity contribution is 0.470. The highest BCUT2D eigenvalue weighted by Crippen LogP contribution is 2.29. The van der Waals surface area contributed by atoms with Gasteiger partial charge in [-0.15, -0.1) is 0 Å². The van der Waals surface area contributed by atoms with Gasteiger partial charge in [0.25, 0.3) is 10.0 Å². The summed E-state index contributed by atoms with van der Waals surface area (Å²) in [4.78, 5) is -0.0879. The van der Waals surface area contributed by atoms with Gasteiger partial charge in [-0.25, -0.2) is 12.8 Å². The number of benzene rings is 1. The third-order valence-electron chi connectivity index (χ3n) is 2.52. The molecule has 0 atom stereocenters. The van der Waals surface area contributed by atoms with Crippen LogP contribution in [0.3, 0.4) is 0 Å². The van der Waals surface area contributed by atoms with E-state index >= 15 is 0 Å². The van der Waals surface area contributed by atoms with Crippen LogP contribution in [0.2, 0.25) is 0 Å². The summed E-state index contributed by atoms with van der Waals surface area (Å²) in [6, 6.07) is 5.42. The summed E-state index contributed by atoms with van der Waals surface area (Å²) in [5.41, 5.74) is -0.138. The molecule has 0 aliphatic carbocycles. The number of rotatable bonds is 5. The van der Waals surface area contributed by atoms with Crippen molar-refractivity contribution >= 4 is 47.6 Å². The van der Waals surface area contributed by atoms with Gasteiger partial charge in [0.2, 0.25) is 0 Å². The Hall–Kier alpha value is -0.900. The van der Waals surface area contributed by atoms with Gasteiger partial charge in [0.05, 0.1) is 12.2 Å². The highest BCUT2D eigenvalue weighted by molar-refractivity contribution is 9.10. The van der Waals surface area contributed by atoms with Crippen LogP contribution in [0, 0.1) is 5.82 Å². The van der Waals surface area contributed by atoms with E-state index in [2.05, 4.69) is 41.9 Å². The standard InChI is InChI=1S/C12H11Br2FN2O3S/c1-16-6-8-5-11(12(14)20-8)21(18,19)17-10-3-2-7(13)4-9(10)15/h2-5,16-17H,6H2,1H3. The maximum absolute atomic E-state index is 13.7. The molecule has 1 heterocycles. The van der Waals surface area contributed by atoms with Crippen LogP contribution in [0.1, 0.15) is 5.76 Å². The molecule has 2 N–H and O–H groups in total. The molecule has 0 unspecified atom stereocenters. The van der Waals surface area contributed by atoms with Crippen molar-refractivity contribution in [2.75, 3.05) is 11.8 Å². The molecule has 9 heteroatoms. The average Bonchev–Trinajstić information content (AvgIpc) is 2.75. The second-order valence-corrected chi connectivity index (χ2v) is 7.40. The van der Waals surface area contributed by atoms with Gasteiger partial charge in [-0.05, 0) is 41.2 Å². The summed E-state index contributed by atoms with van der Waals surface area (Å²) < 4.78 is 46.3. The smallest absolute Gasteiger partial charge is 0.266 e. The molecular weight excluding hydrogens is 431 g/mol. The van der Waals surface area contributed by atoms with Gasteiger partial charge in [-0.2, -0.15) is 0 Å². The summed E-state index contributed by atoms with van der Waals surface area (Å²) in [7, 11) is -2.24. The van der Waals surface area contributed by atoms with Gasteiger partial charge in [0.1, 0.15) is 16.5 Å². The minimum absolute atomic E-state index is 0.0674. The summed E-state index contributed by atoms with van der Waals surface area (Å²) in [5.74, 6) is -0.232. The number of hydrogen-bond acceptors (Lipinski definition) is 4. The highest BCUT2D eigenvalue weighted by Gasteiger charge is 2.23. The van der Waals surface area contributed by atoms with Crippen LogP contribution < -0.4 is 10.0 Å². The van der Waals surface area contributed by atoms with Gasteiger partial charge < -0.3 is 9.73 Å². The Balaban J connectivity index is 2.34. The Morgan fingerprint density at radius 3 is 2.62 bits per heavy atom. The molecule has 21 heavy (non-hydrogen) atoms. The zero-order valence-electron chi connectivity index (χ0n) is 10.8.